The molecule has 0 radical (unpaired) electrons. The number of nitrogens with zero attached hydrogens (tertiary/aromatic N) is 1. The zero-order chi connectivity index (χ0) is 13.0. The third-order valence-corrected chi connectivity index (χ3v) is 3.56. The lowest BCUT2D eigenvalue weighted by Crippen LogP contribution is -2.14. The molecular weight excluding hydrogens is 295 g/mol. The maximum Gasteiger partial charge on any atom is 0.123 e. The zero-order valence-electron chi connectivity index (χ0n) is 10.1. The Morgan fingerprint density at radius 1 is 1.22 bits per heavy atom. The highest BCUT2D eigenvalue weighted by molar-refractivity contribution is 9.10. The summed E-state index contributed by atoms with van der Waals surface area (Å²) in [5, 5.41) is 3.29. The van der Waals surface area contributed by atoms with Gasteiger partial charge in [-0.05, 0) is 47.9 Å². The molecule has 1 aromatic carbocycles. The van der Waals surface area contributed by atoms with Crippen LogP contribution in [-0.4, -0.2) is 4.98 Å². The van der Waals surface area contributed by atoms with Gasteiger partial charge in [0.1, 0.15) is 5.82 Å². The highest BCUT2D eigenvalue weighted by Crippen LogP contribution is 2.17. The minimum atomic E-state index is -0.215. The molecule has 2 nitrogen and oxygen atoms in total. The van der Waals surface area contributed by atoms with Gasteiger partial charge in [-0.1, -0.05) is 15.9 Å². The molecule has 0 unspecified atom stereocenters. The van der Waals surface area contributed by atoms with Gasteiger partial charge in [-0.25, -0.2) is 4.39 Å². The molecule has 4 heteroatoms. The first-order valence-electron chi connectivity index (χ1n) is 5.71. The van der Waals surface area contributed by atoms with E-state index in [1.165, 1.54) is 17.7 Å². The third kappa shape index (κ3) is 3.37. The number of rotatable bonds is 4. The fourth-order valence-electron chi connectivity index (χ4n) is 1.69. The van der Waals surface area contributed by atoms with Crippen molar-refractivity contribution in [3.8, 4) is 0 Å². The van der Waals surface area contributed by atoms with E-state index in [0.717, 1.165) is 22.1 Å². The fraction of sp³-hybridized carbons (Fsp3) is 0.214. The molecular formula is C14H14BrFN2. The lowest BCUT2D eigenvalue weighted by atomic mass is 10.1. The second-order valence-electron chi connectivity index (χ2n) is 4.14. The van der Waals surface area contributed by atoms with Crippen LogP contribution in [0.1, 0.15) is 16.7 Å². The van der Waals surface area contributed by atoms with E-state index in [-0.39, 0.29) is 5.82 Å². The number of hydrogen-bond donors (Lipinski definition) is 1. The molecule has 0 bridgehead atoms. The number of nitrogens with one attached hydrogen (secondary N) is 1. The lowest BCUT2D eigenvalue weighted by Gasteiger charge is -2.08. The number of aryl methyl sites for hydroxylation is 1. The van der Waals surface area contributed by atoms with E-state index < -0.39 is 0 Å². The van der Waals surface area contributed by atoms with Crippen LogP contribution in [0.5, 0.6) is 0 Å². The number of benzene rings is 1. The molecule has 1 aromatic heterocycles. The van der Waals surface area contributed by atoms with Crippen LogP contribution in [0.4, 0.5) is 4.39 Å². The highest BCUT2D eigenvalue weighted by Gasteiger charge is 2.02. The summed E-state index contributed by atoms with van der Waals surface area (Å²) >= 11 is 3.41. The molecule has 0 aliphatic heterocycles. The standard InChI is InChI=1S/C14H14BrFN2/c1-10-4-5-17-8-12(10)9-18-7-11-6-13(16)2-3-14(11)15/h2-6,8,18H,7,9H2,1H3. The first-order chi connectivity index (χ1) is 8.66. The van der Waals surface area contributed by atoms with Crippen LogP contribution in [0.25, 0.3) is 0 Å². The van der Waals surface area contributed by atoms with Gasteiger partial charge < -0.3 is 5.32 Å². The molecule has 0 spiro atoms. The normalized spacial score (nSPS) is 10.6. The molecule has 94 valence electrons. The Bertz CT molecular complexity index is 543. The quantitative estimate of drug-likeness (QED) is 0.934. The summed E-state index contributed by atoms with van der Waals surface area (Å²) in [6, 6.07) is 6.68. The van der Waals surface area contributed by atoms with Gasteiger partial charge in [0.2, 0.25) is 0 Å². The van der Waals surface area contributed by atoms with E-state index >= 15 is 0 Å². The number of halogens is 2. The summed E-state index contributed by atoms with van der Waals surface area (Å²) in [7, 11) is 0. The number of aromatic nitrogens is 1. The van der Waals surface area contributed by atoms with E-state index in [9.17, 15) is 4.39 Å². The summed E-state index contributed by atoms with van der Waals surface area (Å²) in [6.07, 6.45) is 3.63. The van der Waals surface area contributed by atoms with Crippen LogP contribution in [-0.2, 0) is 13.1 Å². The SMILES string of the molecule is Cc1ccncc1CNCc1cc(F)ccc1Br. The van der Waals surface area contributed by atoms with Crippen LogP contribution in [0, 0.1) is 12.7 Å². The smallest absolute Gasteiger partial charge is 0.123 e. The van der Waals surface area contributed by atoms with Crippen molar-refractivity contribution in [2.45, 2.75) is 20.0 Å². The second kappa shape index (κ2) is 6.07. The topological polar surface area (TPSA) is 24.9 Å². The summed E-state index contributed by atoms with van der Waals surface area (Å²) in [6.45, 7) is 3.39. The van der Waals surface area contributed by atoms with E-state index in [2.05, 4.69) is 33.2 Å². The number of hydrogen-bond acceptors (Lipinski definition) is 2. The van der Waals surface area contributed by atoms with Crippen LogP contribution in [0.3, 0.4) is 0 Å². The Morgan fingerprint density at radius 3 is 2.78 bits per heavy atom. The summed E-state index contributed by atoms with van der Waals surface area (Å²) in [4.78, 5) is 4.09. The molecule has 0 amide bonds. The van der Waals surface area contributed by atoms with Crippen molar-refractivity contribution in [3.05, 3.63) is 63.6 Å². The first-order valence-corrected chi connectivity index (χ1v) is 6.50. The molecule has 1 N–H and O–H groups in total. The monoisotopic (exact) mass is 308 g/mol. The largest absolute Gasteiger partial charge is 0.309 e. The Hall–Kier alpha value is -1.26. The fourth-order valence-corrected chi connectivity index (χ4v) is 2.08. The van der Waals surface area contributed by atoms with Crippen molar-refractivity contribution in [1.82, 2.24) is 10.3 Å². The van der Waals surface area contributed by atoms with Gasteiger partial charge in [0, 0.05) is 30.0 Å². The van der Waals surface area contributed by atoms with Crippen LogP contribution in [0.15, 0.2) is 41.1 Å². The predicted octanol–water partition coefficient (Wildman–Crippen LogP) is 3.58. The highest BCUT2D eigenvalue weighted by atomic mass is 79.9. The van der Waals surface area contributed by atoms with E-state index in [1.807, 2.05) is 12.3 Å². The molecule has 2 aromatic rings. The van der Waals surface area contributed by atoms with Crippen LogP contribution in [0.2, 0.25) is 0 Å². The van der Waals surface area contributed by atoms with Crippen LogP contribution >= 0.6 is 15.9 Å². The minimum absolute atomic E-state index is 0.215. The van der Waals surface area contributed by atoms with Gasteiger partial charge in [0.25, 0.3) is 0 Å². The second-order valence-corrected chi connectivity index (χ2v) is 5.00. The van der Waals surface area contributed by atoms with E-state index in [1.54, 1.807) is 12.3 Å². The summed E-state index contributed by atoms with van der Waals surface area (Å²) in [5.41, 5.74) is 3.28. The Balaban J connectivity index is 1.96. The lowest BCUT2D eigenvalue weighted by molar-refractivity contribution is 0.619. The molecule has 0 saturated carbocycles. The molecule has 2 rings (SSSR count). The summed E-state index contributed by atoms with van der Waals surface area (Å²) in [5.74, 6) is -0.215. The Kier molecular flexibility index (Phi) is 4.44. The van der Waals surface area contributed by atoms with Crippen molar-refractivity contribution in [3.63, 3.8) is 0 Å². The van der Waals surface area contributed by atoms with Crippen molar-refractivity contribution in [2.24, 2.45) is 0 Å². The van der Waals surface area contributed by atoms with Crippen molar-refractivity contribution in [1.29, 1.82) is 0 Å². The third-order valence-electron chi connectivity index (χ3n) is 2.79. The average Bonchev–Trinajstić information content (AvgIpc) is 2.36. The van der Waals surface area contributed by atoms with Gasteiger partial charge in [-0.2, -0.15) is 0 Å². The van der Waals surface area contributed by atoms with Gasteiger partial charge in [0.05, 0.1) is 0 Å². The zero-order valence-corrected chi connectivity index (χ0v) is 11.7. The van der Waals surface area contributed by atoms with Gasteiger partial charge in [-0.3, -0.25) is 4.98 Å². The van der Waals surface area contributed by atoms with Crippen molar-refractivity contribution in [2.75, 3.05) is 0 Å². The van der Waals surface area contributed by atoms with Gasteiger partial charge >= 0.3 is 0 Å². The van der Waals surface area contributed by atoms with Gasteiger partial charge in [0.15, 0.2) is 0 Å². The minimum Gasteiger partial charge on any atom is -0.309 e. The maximum absolute atomic E-state index is 13.1. The first kappa shape index (κ1) is 13.2. The van der Waals surface area contributed by atoms with E-state index in [0.29, 0.717) is 6.54 Å². The molecule has 1 heterocycles. The molecule has 0 aliphatic rings. The van der Waals surface area contributed by atoms with E-state index in [4.69, 9.17) is 0 Å². The van der Waals surface area contributed by atoms with Crippen LogP contribution < -0.4 is 5.32 Å². The van der Waals surface area contributed by atoms with Gasteiger partial charge in [-0.15, -0.1) is 0 Å². The molecule has 0 fully saturated rings. The predicted molar refractivity (Wildman–Crippen MR) is 73.6 cm³/mol. The van der Waals surface area contributed by atoms with Crippen molar-refractivity contribution >= 4 is 15.9 Å². The molecule has 18 heavy (non-hydrogen) atoms. The molecule has 0 aliphatic carbocycles. The molecule has 0 saturated heterocycles. The number of pyridine rings is 1. The van der Waals surface area contributed by atoms with Crippen molar-refractivity contribution < 1.29 is 4.39 Å². The molecule has 0 atom stereocenters. The Morgan fingerprint density at radius 2 is 2.00 bits per heavy atom. The average molecular weight is 309 g/mol. The summed E-state index contributed by atoms with van der Waals surface area (Å²) < 4.78 is 14.0. The maximum atomic E-state index is 13.1. The Labute approximate surface area is 114 Å².